The predicted molar refractivity (Wildman–Crippen MR) is 73.3 cm³/mol. The second-order valence-corrected chi connectivity index (χ2v) is 5.08. The van der Waals surface area contributed by atoms with Crippen molar-refractivity contribution in [3.63, 3.8) is 0 Å². The van der Waals surface area contributed by atoms with Gasteiger partial charge in [-0.15, -0.1) is 0 Å². The van der Waals surface area contributed by atoms with E-state index in [4.69, 9.17) is 23.2 Å². The fraction of sp³-hybridized carbons (Fsp3) is 0.231. The van der Waals surface area contributed by atoms with Crippen molar-refractivity contribution in [2.24, 2.45) is 0 Å². The highest BCUT2D eigenvalue weighted by molar-refractivity contribution is 6.33. The maximum absolute atomic E-state index is 6.02. The molecule has 0 bridgehead atoms. The lowest BCUT2D eigenvalue weighted by atomic mass is 10.1. The van der Waals surface area contributed by atoms with Crippen LogP contribution in [0.25, 0.3) is 0 Å². The van der Waals surface area contributed by atoms with E-state index in [2.05, 4.69) is 39.6 Å². The quantitative estimate of drug-likeness (QED) is 0.870. The summed E-state index contributed by atoms with van der Waals surface area (Å²) in [6, 6.07) is 10.8. The van der Waals surface area contributed by atoms with E-state index in [1.807, 2.05) is 6.07 Å². The first-order valence-electron chi connectivity index (χ1n) is 5.73. The zero-order valence-electron chi connectivity index (χ0n) is 9.48. The molecule has 2 unspecified atom stereocenters. The fourth-order valence-electron chi connectivity index (χ4n) is 2.05. The fourth-order valence-corrected chi connectivity index (χ4v) is 2.32. The van der Waals surface area contributed by atoms with Crippen molar-refractivity contribution in [2.75, 3.05) is 5.32 Å². The summed E-state index contributed by atoms with van der Waals surface area (Å²) < 4.78 is 0. The Morgan fingerprint density at radius 3 is 2.72 bits per heavy atom. The Hall–Kier alpha value is -1.32. The Labute approximate surface area is 115 Å². The van der Waals surface area contributed by atoms with Crippen molar-refractivity contribution in [3.8, 4) is 0 Å². The van der Waals surface area contributed by atoms with Gasteiger partial charge in [-0.2, -0.15) is 4.98 Å². The zero-order chi connectivity index (χ0) is 12.5. The lowest BCUT2D eigenvalue weighted by Gasteiger charge is -2.06. The van der Waals surface area contributed by atoms with Crippen LogP contribution in [0.3, 0.4) is 0 Å². The van der Waals surface area contributed by atoms with Crippen LogP contribution in [-0.4, -0.2) is 16.0 Å². The molecule has 3 rings (SSSR count). The van der Waals surface area contributed by atoms with Crippen molar-refractivity contribution in [3.05, 3.63) is 52.4 Å². The van der Waals surface area contributed by atoms with Gasteiger partial charge in [-0.25, -0.2) is 4.98 Å². The minimum Gasteiger partial charge on any atom is -0.365 e. The SMILES string of the molecule is Clc1ncc(Cl)c(NC2CC2c2ccccc2)n1. The van der Waals surface area contributed by atoms with E-state index in [1.54, 1.807) is 0 Å². The standard InChI is InChI=1S/C13H11Cl2N3/c14-10-7-16-13(15)18-12(10)17-11-6-9(11)8-4-2-1-3-5-8/h1-5,7,9,11H,6H2,(H,16,17,18). The molecule has 1 heterocycles. The van der Waals surface area contributed by atoms with Crippen LogP contribution in [0, 0.1) is 0 Å². The number of anilines is 1. The molecule has 1 saturated carbocycles. The maximum atomic E-state index is 6.02. The van der Waals surface area contributed by atoms with Gasteiger partial charge in [0.15, 0.2) is 0 Å². The van der Waals surface area contributed by atoms with Crippen molar-refractivity contribution < 1.29 is 0 Å². The number of rotatable bonds is 3. The van der Waals surface area contributed by atoms with Gasteiger partial charge in [0, 0.05) is 12.0 Å². The molecule has 0 saturated heterocycles. The van der Waals surface area contributed by atoms with Gasteiger partial charge in [0.05, 0.1) is 6.20 Å². The monoisotopic (exact) mass is 279 g/mol. The van der Waals surface area contributed by atoms with Crippen LogP contribution >= 0.6 is 23.2 Å². The van der Waals surface area contributed by atoms with Gasteiger partial charge in [-0.1, -0.05) is 41.9 Å². The highest BCUT2D eigenvalue weighted by Crippen LogP contribution is 2.43. The van der Waals surface area contributed by atoms with Crippen molar-refractivity contribution in [1.82, 2.24) is 9.97 Å². The Kier molecular flexibility index (Phi) is 3.10. The van der Waals surface area contributed by atoms with Crippen LogP contribution in [0.4, 0.5) is 5.82 Å². The highest BCUT2D eigenvalue weighted by Gasteiger charge is 2.38. The van der Waals surface area contributed by atoms with E-state index in [-0.39, 0.29) is 5.28 Å². The van der Waals surface area contributed by atoms with Crippen LogP contribution in [0.1, 0.15) is 17.9 Å². The van der Waals surface area contributed by atoms with Gasteiger partial charge in [-0.05, 0) is 23.6 Å². The topological polar surface area (TPSA) is 37.8 Å². The summed E-state index contributed by atoms with van der Waals surface area (Å²) in [7, 11) is 0. The van der Waals surface area contributed by atoms with Gasteiger partial charge in [0.25, 0.3) is 0 Å². The van der Waals surface area contributed by atoms with E-state index in [1.165, 1.54) is 11.8 Å². The number of hydrogen-bond donors (Lipinski definition) is 1. The lowest BCUT2D eigenvalue weighted by molar-refractivity contribution is 1.02. The molecule has 2 atom stereocenters. The molecule has 5 heteroatoms. The molecule has 0 aliphatic heterocycles. The van der Waals surface area contributed by atoms with Crippen molar-refractivity contribution in [2.45, 2.75) is 18.4 Å². The predicted octanol–water partition coefficient (Wildman–Crippen LogP) is 3.75. The molecule has 1 aromatic carbocycles. The van der Waals surface area contributed by atoms with Gasteiger partial charge >= 0.3 is 0 Å². The molecule has 1 aliphatic rings. The highest BCUT2D eigenvalue weighted by atomic mass is 35.5. The van der Waals surface area contributed by atoms with Gasteiger partial charge in [0.1, 0.15) is 10.8 Å². The van der Waals surface area contributed by atoms with Crippen molar-refractivity contribution >= 4 is 29.0 Å². The Morgan fingerprint density at radius 2 is 1.94 bits per heavy atom. The molecule has 1 aromatic heterocycles. The number of aromatic nitrogens is 2. The number of nitrogens with zero attached hydrogens (tertiary/aromatic N) is 2. The van der Waals surface area contributed by atoms with Gasteiger partial charge in [0.2, 0.25) is 5.28 Å². The smallest absolute Gasteiger partial charge is 0.224 e. The number of halogens is 2. The Balaban J connectivity index is 1.71. The van der Waals surface area contributed by atoms with E-state index in [0.29, 0.717) is 22.8 Å². The van der Waals surface area contributed by atoms with Gasteiger partial charge < -0.3 is 5.32 Å². The second kappa shape index (κ2) is 4.75. The summed E-state index contributed by atoms with van der Waals surface area (Å²) in [5.41, 5.74) is 1.34. The van der Waals surface area contributed by atoms with Gasteiger partial charge in [-0.3, -0.25) is 0 Å². The summed E-state index contributed by atoms with van der Waals surface area (Å²) >= 11 is 11.8. The minimum atomic E-state index is 0.207. The summed E-state index contributed by atoms with van der Waals surface area (Å²) in [5, 5.41) is 4.01. The number of benzene rings is 1. The zero-order valence-corrected chi connectivity index (χ0v) is 11.0. The molecule has 3 nitrogen and oxygen atoms in total. The first-order valence-corrected chi connectivity index (χ1v) is 6.49. The van der Waals surface area contributed by atoms with E-state index >= 15 is 0 Å². The normalized spacial score (nSPS) is 21.7. The third-order valence-corrected chi connectivity index (χ3v) is 3.51. The molecular weight excluding hydrogens is 269 g/mol. The molecule has 1 fully saturated rings. The number of nitrogens with one attached hydrogen (secondary N) is 1. The first-order chi connectivity index (χ1) is 8.74. The van der Waals surface area contributed by atoms with Crippen LogP contribution in [0.5, 0.6) is 0 Å². The molecule has 18 heavy (non-hydrogen) atoms. The second-order valence-electron chi connectivity index (χ2n) is 4.34. The molecule has 1 aliphatic carbocycles. The third kappa shape index (κ3) is 2.42. The average molecular weight is 280 g/mol. The lowest BCUT2D eigenvalue weighted by Crippen LogP contribution is -2.07. The molecular formula is C13H11Cl2N3. The van der Waals surface area contributed by atoms with Crippen LogP contribution in [0.2, 0.25) is 10.3 Å². The maximum Gasteiger partial charge on any atom is 0.224 e. The summed E-state index contributed by atoms with van der Waals surface area (Å²) in [4.78, 5) is 7.92. The first kappa shape index (κ1) is 11.8. The third-order valence-electron chi connectivity index (χ3n) is 3.05. The summed E-state index contributed by atoms with van der Waals surface area (Å²) in [6.45, 7) is 0. The Morgan fingerprint density at radius 1 is 1.17 bits per heavy atom. The van der Waals surface area contributed by atoms with E-state index in [9.17, 15) is 0 Å². The summed E-state index contributed by atoms with van der Waals surface area (Å²) in [6.07, 6.45) is 2.60. The molecule has 0 spiro atoms. The molecule has 0 amide bonds. The largest absolute Gasteiger partial charge is 0.365 e. The van der Waals surface area contributed by atoms with Crippen LogP contribution in [-0.2, 0) is 0 Å². The molecule has 1 N–H and O–H groups in total. The van der Waals surface area contributed by atoms with Crippen molar-refractivity contribution in [1.29, 1.82) is 0 Å². The number of hydrogen-bond acceptors (Lipinski definition) is 3. The Bertz CT molecular complexity index is 559. The average Bonchev–Trinajstić information content (AvgIpc) is 3.14. The van der Waals surface area contributed by atoms with E-state index in [0.717, 1.165) is 6.42 Å². The van der Waals surface area contributed by atoms with Crippen LogP contribution < -0.4 is 5.32 Å². The molecule has 92 valence electrons. The minimum absolute atomic E-state index is 0.207. The van der Waals surface area contributed by atoms with E-state index < -0.39 is 0 Å². The summed E-state index contributed by atoms with van der Waals surface area (Å²) in [5.74, 6) is 1.14. The van der Waals surface area contributed by atoms with Crippen LogP contribution in [0.15, 0.2) is 36.5 Å². The molecule has 2 aromatic rings. The molecule has 0 radical (unpaired) electrons.